The summed E-state index contributed by atoms with van der Waals surface area (Å²) < 4.78 is 31.8. The lowest BCUT2D eigenvalue weighted by atomic mass is 10.1. The average molecular weight is 300 g/mol. The SMILES string of the molecule is CCN(C(C)COC)S(=O)(=O)c1ccc(CN)c(C)c1. The summed E-state index contributed by atoms with van der Waals surface area (Å²) in [5.74, 6) is 0. The number of likely N-dealkylation sites (N-methyl/N-ethyl adjacent to an activating group) is 1. The number of nitrogens with two attached hydrogens (primary N) is 1. The molecule has 1 rings (SSSR count). The Morgan fingerprint density at radius 3 is 2.50 bits per heavy atom. The molecule has 0 saturated carbocycles. The van der Waals surface area contributed by atoms with Crippen LogP contribution in [0.1, 0.15) is 25.0 Å². The van der Waals surface area contributed by atoms with E-state index in [0.717, 1.165) is 11.1 Å². The van der Waals surface area contributed by atoms with Gasteiger partial charge in [-0.1, -0.05) is 13.0 Å². The standard InChI is InChI=1S/C14H24N2O3S/c1-5-16(12(3)10-19-4)20(17,18)14-7-6-13(9-15)11(2)8-14/h6-8,12H,5,9-10,15H2,1-4H3. The van der Waals surface area contributed by atoms with E-state index in [1.807, 2.05) is 20.8 Å². The van der Waals surface area contributed by atoms with Gasteiger partial charge in [0.05, 0.1) is 11.5 Å². The van der Waals surface area contributed by atoms with Gasteiger partial charge in [-0.15, -0.1) is 0 Å². The van der Waals surface area contributed by atoms with Gasteiger partial charge in [0.15, 0.2) is 0 Å². The van der Waals surface area contributed by atoms with E-state index in [0.29, 0.717) is 24.6 Å². The fourth-order valence-corrected chi connectivity index (χ4v) is 3.95. The van der Waals surface area contributed by atoms with Crippen LogP contribution in [-0.2, 0) is 21.3 Å². The summed E-state index contributed by atoms with van der Waals surface area (Å²) in [6.07, 6.45) is 0. The summed E-state index contributed by atoms with van der Waals surface area (Å²) in [5, 5.41) is 0. The van der Waals surface area contributed by atoms with Crippen LogP contribution < -0.4 is 5.73 Å². The number of aryl methyl sites for hydroxylation is 1. The van der Waals surface area contributed by atoms with Crippen molar-refractivity contribution in [3.05, 3.63) is 29.3 Å². The maximum Gasteiger partial charge on any atom is 0.243 e. The summed E-state index contributed by atoms with van der Waals surface area (Å²) in [7, 11) is -1.94. The second-order valence-corrected chi connectivity index (χ2v) is 6.70. The largest absolute Gasteiger partial charge is 0.383 e. The molecule has 0 fully saturated rings. The van der Waals surface area contributed by atoms with E-state index in [1.165, 1.54) is 4.31 Å². The maximum atomic E-state index is 12.7. The van der Waals surface area contributed by atoms with Crippen LogP contribution in [-0.4, -0.2) is 39.0 Å². The first-order valence-electron chi connectivity index (χ1n) is 6.68. The lowest BCUT2D eigenvalue weighted by Crippen LogP contribution is -2.40. The highest BCUT2D eigenvalue weighted by Gasteiger charge is 2.27. The topological polar surface area (TPSA) is 72.6 Å². The van der Waals surface area contributed by atoms with Gasteiger partial charge in [-0.3, -0.25) is 0 Å². The molecule has 1 aromatic rings. The number of rotatable bonds is 7. The Morgan fingerprint density at radius 1 is 1.40 bits per heavy atom. The molecule has 0 aliphatic rings. The van der Waals surface area contributed by atoms with Crippen molar-refractivity contribution in [2.75, 3.05) is 20.3 Å². The highest BCUT2D eigenvalue weighted by atomic mass is 32.2. The van der Waals surface area contributed by atoms with Gasteiger partial charge in [0, 0.05) is 26.2 Å². The zero-order valence-electron chi connectivity index (χ0n) is 12.6. The Bertz CT molecular complexity index is 543. The van der Waals surface area contributed by atoms with E-state index in [4.69, 9.17) is 10.5 Å². The molecule has 0 saturated heterocycles. The van der Waals surface area contributed by atoms with Crippen LogP contribution in [0.5, 0.6) is 0 Å². The molecule has 0 bridgehead atoms. The smallest absolute Gasteiger partial charge is 0.243 e. The monoisotopic (exact) mass is 300 g/mol. The van der Waals surface area contributed by atoms with Crippen LogP contribution in [0.15, 0.2) is 23.1 Å². The first kappa shape index (κ1) is 17.1. The molecule has 0 spiro atoms. The van der Waals surface area contributed by atoms with E-state index in [9.17, 15) is 8.42 Å². The number of ether oxygens (including phenoxy) is 1. The zero-order valence-corrected chi connectivity index (χ0v) is 13.4. The third-order valence-electron chi connectivity index (χ3n) is 3.35. The van der Waals surface area contributed by atoms with Crippen LogP contribution in [0.2, 0.25) is 0 Å². The predicted molar refractivity (Wildman–Crippen MR) is 80.0 cm³/mol. The molecule has 0 aliphatic carbocycles. The lowest BCUT2D eigenvalue weighted by molar-refractivity contribution is 0.142. The normalized spacial score (nSPS) is 13.7. The lowest BCUT2D eigenvalue weighted by Gasteiger charge is -2.27. The van der Waals surface area contributed by atoms with Gasteiger partial charge in [0.1, 0.15) is 0 Å². The first-order chi connectivity index (χ1) is 9.38. The van der Waals surface area contributed by atoms with Gasteiger partial charge >= 0.3 is 0 Å². The van der Waals surface area contributed by atoms with Crippen molar-refractivity contribution in [3.63, 3.8) is 0 Å². The molecule has 0 radical (unpaired) electrons. The Balaban J connectivity index is 3.17. The summed E-state index contributed by atoms with van der Waals surface area (Å²) in [4.78, 5) is 0.303. The molecule has 0 heterocycles. The van der Waals surface area contributed by atoms with Crippen molar-refractivity contribution in [2.24, 2.45) is 5.73 Å². The Morgan fingerprint density at radius 2 is 2.05 bits per heavy atom. The average Bonchev–Trinajstić information content (AvgIpc) is 2.39. The van der Waals surface area contributed by atoms with Gasteiger partial charge in [-0.05, 0) is 37.1 Å². The third-order valence-corrected chi connectivity index (χ3v) is 5.44. The molecule has 6 heteroatoms. The highest BCUT2D eigenvalue weighted by Crippen LogP contribution is 2.21. The number of sulfonamides is 1. The van der Waals surface area contributed by atoms with Crippen molar-refractivity contribution >= 4 is 10.0 Å². The number of nitrogens with zero attached hydrogens (tertiary/aromatic N) is 1. The van der Waals surface area contributed by atoms with E-state index in [1.54, 1.807) is 25.3 Å². The second-order valence-electron chi connectivity index (χ2n) is 4.81. The molecule has 0 amide bonds. The molecule has 20 heavy (non-hydrogen) atoms. The fraction of sp³-hybridized carbons (Fsp3) is 0.571. The predicted octanol–water partition coefficient (Wildman–Crippen LogP) is 1.50. The molecule has 0 aliphatic heterocycles. The van der Waals surface area contributed by atoms with Gasteiger partial charge in [-0.2, -0.15) is 4.31 Å². The number of hydrogen-bond donors (Lipinski definition) is 1. The minimum absolute atomic E-state index is 0.204. The summed E-state index contributed by atoms with van der Waals surface area (Å²) in [5.41, 5.74) is 7.46. The van der Waals surface area contributed by atoms with Crippen molar-refractivity contribution in [1.29, 1.82) is 0 Å². The summed E-state index contributed by atoms with van der Waals surface area (Å²) in [6, 6.07) is 4.87. The molecular formula is C14H24N2O3S. The molecule has 114 valence electrons. The van der Waals surface area contributed by atoms with Crippen LogP contribution >= 0.6 is 0 Å². The number of benzene rings is 1. The second kappa shape index (κ2) is 7.17. The van der Waals surface area contributed by atoms with Crippen LogP contribution in [0, 0.1) is 6.92 Å². The van der Waals surface area contributed by atoms with Crippen molar-refractivity contribution < 1.29 is 13.2 Å². The molecule has 2 N–H and O–H groups in total. The zero-order chi connectivity index (χ0) is 15.3. The van der Waals surface area contributed by atoms with E-state index < -0.39 is 10.0 Å². The molecule has 1 unspecified atom stereocenters. The number of methoxy groups -OCH3 is 1. The van der Waals surface area contributed by atoms with Crippen LogP contribution in [0.25, 0.3) is 0 Å². The van der Waals surface area contributed by atoms with E-state index in [2.05, 4.69) is 0 Å². The maximum absolute atomic E-state index is 12.7. The minimum Gasteiger partial charge on any atom is -0.383 e. The van der Waals surface area contributed by atoms with Crippen molar-refractivity contribution in [3.8, 4) is 0 Å². The highest BCUT2D eigenvalue weighted by molar-refractivity contribution is 7.89. The quantitative estimate of drug-likeness (QED) is 0.828. The summed E-state index contributed by atoms with van der Waals surface area (Å²) in [6.45, 7) is 6.72. The minimum atomic E-state index is -3.51. The molecule has 5 nitrogen and oxygen atoms in total. The Kier molecular flexibility index (Phi) is 6.13. The Hall–Kier alpha value is -0.950. The van der Waals surface area contributed by atoms with Crippen LogP contribution in [0.3, 0.4) is 0 Å². The van der Waals surface area contributed by atoms with E-state index >= 15 is 0 Å². The third kappa shape index (κ3) is 3.58. The van der Waals surface area contributed by atoms with E-state index in [-0.39, 0.29) is 6.04 Å². The molecule has 1 aromatic carbocycles. The summed E-state index contributed by atoms with van der Waals surface area (Å²) >= 11 is 0. The van der Waals surface area contributed by atoms with Gasteiger partial charge < -0.3 is 10.5 Å². The fourth-order valence-electron chi connectivity index (χ4n) is 2.24. The van der Waals surface area contributed by atoms with Crippen molar-refractivity contribution in [2.45, 2.75) is 38.3 Å². The Labute approximate surface area is 121 Å². The number of hydrogen-bond acceptors (Lipinski definition) is 4. The molecule has 1 atom stereocenters. The van der Waals surface area contributed by atoms with Crippen LogP contribution in [0.4, 0.5) is 0 Å². The molecule has 0 aromatic heterocycles. The van der Waals surface area contributed by atoms with Crippen molar-refractivity contribution in [1.82, 2.24) is 4.31 Å². The van der Waals surface area contributed by atoms with Gasteiger partial charge in [0.2, 0.25) is 10.0 Å². The molecular weight excluding hydrogens is 276 g/mol. The first-order valence-corrected chi connectivity index (χ1v) is 8.12. The van der Waals surface area contributed by atoms with Gasteiger partial charge in [0.25, 0.3) is 0 Å². The van der Waals surface area contributed by atoms with Gasteiger partial charge in [-0.25, -0.2) is 8.42 Å².